The van der Waals surface area contributed by atoms with Gasteiger partial charge in [0, 0.05) is 24.9 Å². The van der Waals surface area contributed by atoms with Crippen LogP contribution in [0.25, 0.3) is 0 Å². The molecular formula is C15H23N3O2. The number of nitrogens with one attached hydrogen (secondary N) is 2. The Kier molecular flexibility index (Phi) is 6.70. The molecular weight excluding hydrogens is 254 g/mol. The fourth-order valence-electron chi connectivity index (χ4n) is 1.90. The Morgan fingerprint density at radius 2 is 1.95 bits per heavy atom. The second-order valence-corrected chi connectivity index (χ2v) is 4.82. The minimum absolute atomic E-state index is 0.0245. The highest BCUT2D eigenvalue weighted by Crippen LogP contribution is 2.07. The number of carbonyl (C=O) groups is 2. The predicted octanol–water partition coefficient (Wildman–Crippen LogP) is 1.64. The number of aromatic nitrogens is 1. The SMILES string of the molecule is CCC(CC)C(=O)N[C@H](C)C(=O)NCc1cccnc1. The summed E-state index contributed by atoms with van der Waals surface area (Å²) in [7, 11) is 0. The summed E-state index contributed by atoms with van der Waals surface area (Å²) in [5.41, 5.74) is 0.930. The van der Waals surface area contributed by atoms with Crippen LogP contribution in [0, 0.1) is 5.92 Å². The number of nitrogens with zero attached hydrogens (tertiary/aromatic N) is 1. The van der Waals surface area contributed by atoms with Gasteiger partial charge in [0.25, 0.3) is 0 Å². The molecule has 0 radical (unpaired) electrons. The first-order valence-electron chi connectivity index (χ1n) is 7.05. The van der Waals surface area contributed by atoms with E-state index in [0.717, 1.165) is 18.4 Å². The van der Waals surface area contributed by atoms with Crippen molar-refractivity contribution in [3.05, 3.63) is 30.1 Å². The van der Waals surface area contributed by atoms with Crippen molar-refractivity contribution in [2.24, 2.45) is 5.92 Å². The molecule has 0 saturated carbocycles. The van der Waals surface area contributed by atoms with Gasteiger partial charge in [-0.1, -0.05) is 19.9 Å². The van der Waals surface area contributed by atoms with Crippen molar-refractivity contribution in [1.82, 2.24) is 15.6 Å². The monoisotopic (exact) mass is 277 g/mol. The molecule has 20 heavy (non-hydrogen) atoms. The molecule has 1 aromatic heterocycles. The Hall–Kier alpha value is -1.91. The molecule has 0 aliphatic rings. The summed E-state index contributed by atoms with van der Waals surface area (Å²) in [4.78, 5) is 27.8. The van der Waals surface area contributed by atoms with E-state index in [1.165, 1.54) is 0 Å². The fraction of sp³-hybridized carbons (Fsp3) is 0.533. The van der Waals surface area contributed by atoms with Crippen LogP contribution in [-0.4, -0.2) is 22.8 Å². The van der Waals surface area contributed by atoms with Crippen LogP contribution in [0.4, 0.5) is 0 Å². The average Bonchev–Trinajstić information content (AvgIpc) is 2.47. The normalized spacial score (nSPS) is 12.0. The summed E-state index contributed by atoms with van der Waals surface area (Å²) in [5.74, 6) is -0.268. The lowest BCUT2D eigenvalue weighted by atomic mass is 10.0. The molecule has 0 unspecified atom stereocenters. The highest BCUT2D eigenvalue weighted by atomic mass is 16.2. The van der Waals surface area contributed by atoms with Crippen molar-refractivity contribution in [3.63, 3.8) is 0 Å². The van der Waals surface area contributed by atoms with E-state index in [1.807, 2.05) is 26.0 Å². The Balaban J connectivity index is 2.41. The lowest BCUT2D eigenvalue weighted by molar-refractivity contribution is -0.131. The molecule has 0 aliphatic heterocycles. The lowest BCUT2D eigenvalue weighted by Gasteiger charge is -2.18. The van der Waals surface area contributed by atoms with Crippen LogP contribution in [0.1, 0.15) is 39.2 Å². The highest BCUT2D eigenvalue weighted by molar-refractivity contribution is 5.88. The summed E-state index contributed by atoms with van der Waals surface area (Å²) in [6.07, 6.45) is 4.95. The van der Waals surface area contributed by atoms with E-state index in [1.54, 1.807) is 19.3 Å². The topological polar surface area (TPSA) is 71.1 Å². The summed E-state index contributed by atoms with van der Waals surface area (Å²) in [6, 6.07) is 3.18. The molecule has 0 aromatic carbocycles. The van der Waals surface area contributed by atoms with E-state index in [-0.39, 0.29) is 17.7 Å². The predicted molar refractivity (Wildman–Crippen MR) is 77.8 cm³/mol. The van der Waals surface area contributed by atoms with Gasteiger partial charge in [-0.15, -0.1) is 0 Å². The van der Waals surface area contributed by atoms with Crippen LogP contribution in [0.15, 0.2) is 24.5 Å². The maximum absolute atomic E-state index is 11.9. The molecule has 0 spiro atoms. The number of hydrogen-bond acceptors (Lipinski definition) is 3. The van der Waals surface area contributed by atoms with E-state index in [0.29, 0.717) is 6.54 Å². The maximum Gasteiger partial charge on any atom is 0.242 e. The molecule has 0 saturated heterocycles. The van der Waals surface area contributed by atoms with Crippen molar-refractivity contribution in [2.75, 3.05) is 0 Å². The molecule has 1 atom stereocenters. The third kappa shape index (κ3) is 4.99. The molecule has 2 N–H and O–H groups in total. The Morgan fingerprint density at radius 1 is 1.25 bits per heavy atom. The molecule has 1 heterocycles. The second-order valence-electron chi connectivity index (χ2n) is 4.82. The standard InChI is InChI=1S/C15H23N3O2/c1-4-13(5-2)15(20)18-11(3)14(19)17-10-12-7-6-8-16-9-12/h6-9,11,13H,4-5,10H2,1-3H3,(H,17,19)(H,18,20)/t11-/m1/s1. The summed E-state index contributed by atoms with van der Waals surface area (Å²) < 4.78 is 0. The van der Waals surface area contributed by atoms with Gasteiger partial charge >= 0.3 is 0 Å². The average molecular weight is 277 g/mol. The van der Waals surface area contributed by atoms with Crippen LogP contribution < -0.4 is 10.6 Å². The number of hydrogen-bond donors (Lipinski definition) is 2. The van der Waals surface area contributed by atoms with Gasteiger partial charge in [0.1, 0.15) is 6.04 Å². The molecule has 0 aliphatic carbocycles. The molecule has 110 valence electrons. The van der Waals surface area contributed by atoms with E-state index in [2.05, 4.69) is 15.6 Å². The van der Waals surface area contributed by atoms with Gasteiger partial charge in [-0.05, 0) is 31.4 Å². The summed E-state index contributed by atoms with van der Waals surface area (Å²) in [6.45, 7) is 6.05. The number of carbonyl (C=O) groups excluding carboxylic acids is 2. The minimum Gasteiger partial charge on any atom is -0.350 e. The Bertz CT molecular complexity index is 430. The van der Waals surface area contributed by atoms with Crippen molar-refractivity contribution in [1.29, 1.82) is 0 Å². The first-order chi connectivity index (χ1) is 9.58. The van der Waals surface area contributed by atoms with Gasteiger partial charge in [0.2, 0.25) is 11.8 Å². The largest absolute Gasteiger partial charge is 0.350 e. The van der Waals surface area contributed by atoms with E-state index in [4.69, 9.17) is 0 Å². The van der Waals surface area contributed by atoms with Crippen LogP contribution in [0.5, 0.6) is 0 Å². The molecule has 0 fully saturated rings. The maximum atomic E-state index is 11.9. The van der Waals surface area contributed by atoms with Crippen molar-refractivity contribution >= 4 is 11.8 Å². The van der Waals surface area contributed by atoms with E-state index < -0.39 is 6.04 Å². The number of pyridine rings is 1. The molecule has 5 heteroatoms. The lowest BCUT2D eigenvalue weighted by Crippen LogP contribution is -2.46. The Labute approximate surface area is 120 Å². The Morgan fingerprint density at radius 3 is 2.50 bits per heavy atom. The summed E-state index contributed by atoms with van der Waals surface area (Å²) in [5, 5.41) is 5.54. The first-order valence-corrected chi connectivity index (χ1v) is 7.05. The molecule has 5 nitrogen and oxygen atoms in total. The van der Waals surface area contributed by atoms with Gasteiger partial charge in [0.05, 0.1) is 0 Å². The molecule has 0 bridgehead atoms. The molecule has 2 amide bonds. The van der Waals surface area contributed by atoms with Crippen LogP contribution in [0.3, 0.4) is 0 Å². The molecule has 1 aromatic rings. The zero-order valence-corrected chi connectivity index (χ0v) is 12.3. The number of amides is 2. The fourth-order valence-corrected chi connectivity index (χ4v) is 1.90. The molecule has 1 rings (SSSR count). The van der Waals surface area contributed by atoms with Gasteiger partial charge in [-0.25, -0.2) is 0 Å². The number of rotatable bonds is 7. The minimum atomic E-state index is -0.528. The van der Waals surface area contributed by atoms with Crippen LogP contribution in [-0.2, 0) is 16.1 Å². The van der Waals surface area contributed by atoms with Gasteiger partial charge in [0.15, 0.2) is 0 Å². The third-order valence-corrected chi connectivity index (χ3v) is 3.30. The van der Waals surface area contributed by atoms with E-state index in [9.17, 15) is 9.59 Å². The van der Waals surface area contributed by atoms with Crippen molar-refractivity contribution in [2.45, 2.75) is 46.2 Å². The second kappa shape index (κ2) is 8.30. The van der Waals surface area contributed by atoms with Gasteiger partial charge in [-0.3, -0.25) is 14.6 Å². The van der Waals surface area contributed by atoms with Crippen LogP contribution >= 0.6 is 0 Å². The third-order valence-electron chi connectivity index (χ3n) is 3.30. The first kappa shape index (κ1) is 16.1. The zero-order chi connectivity index (χ0) is 15.0. The highest BCUT2D eigenvalue weighted by Gasteiger charge is 2.19. The zero-order valence-electron chi connectivity index (χ0n) is 12.3. The summed E-state index contributed by atoms with van der Waals surface area (Å²) >= 11 is 0. The van der Waals surface area contributed by atoms with Gasteiger partial charge < -0.3 is 10.6 Å². The van der Waals surface area contributed by atoms with Crippen LogP contribution in [0.2, 0.25) is 0 Å². The smallest absolute Gasteiger partial charge is 0.242 e. The van der Waals surface area contributed by atoms with Crippen molar-refractivity contribution in [3.8, 4) is 0 Å². The van der Waals surface area contributed by atoms with Crippen molar-refractivity contribution < 1.29 is 9.59 Å². The van der Waals surface area contributed by atoms with E-state index >= 15 is 0 Å². The van der Waals surface area contributed by atoms with Gasteiger partial charge in [-0.2, -0.15) is 0 Å². The quantitative estimate of drug-likeness (QED) is 0.796.